The van der Waals surface area contributed by atoms with Crippen molar-refractivity contribution in [1.29, 1.82) is 0 Å². The van der Waals surface area contributed by atoms with E-state index in [0.29, 0.717) is 11.7 Å². The van der Waals surface area contributed by atoms with Crippen molar-refractivity contribution in [2.45, 2.75) is 32.6 Å². The number of carbonyl (C=O) groups is 1. The number of amides is 1. The van der Waals surface area contributed by atoms with Gasteiger partial charge in [-0.2, -0.15) is 0 Å². The molecule has 8 heteroatoms. The lowest BCUT2D eigenvalue weighted by atomic mass is 9.97. The number of anilines is 2. The van der Waals surface area contributed by atoms with Crippen molar-refractivity contribution in [2.75, 3.05) is 18.4 Å². The van der Waals surface area contributed by atoms with Gasteiger partial charge in [-0.05, 0) is 19.8 Å². The summed E-state index contributed by atoms with van der Waals surface area (Å²) in [7, 11) is 0. The van der Waals surface area contributed by atoms with Crippen LogP contribution in [0.4, 0.5) is 10.9 Å². The first-order chi connectivity index (χ1) is 10.6. The molecule has 1 saturated heterocycles. The van der Waals surface area contributed by atoms with Gasteiger partial charge < -0.3 is 10.2 Å². The number of aryl methyl sites for hydroxylation is 1. The Hall–Kier alpha value is -2.09. The van der Waals surface area contributed by atoms with Crippen molar-refractivity contribution < 1.29 is 4.79 Å². The van der Waals surface area contributed by atoms with E-state index in [1.165, 1.54) is 11.3 Å². The largest absolute Gasteiger partial charge is 0.342 e. The molecule has 1 unspecified atom stereocenters. The van der Waals surface area contributed by atoms with Crippen LogP contribution in [0.5, 0.6) is 0 Å². The van der Waals surface area contributed by atoms with Gasteiger partial charge in [0.1, 0.15) is 17.2 Å². The van der Waals surface area contributed by atoms with Gasteiger partial charge in [-0.15, -0.1) is 10.2 Å². The molecule has 7 nitrogen and oxygen atoms in total. The Balaban J connectivity index is 1.81. The van der Waals surface area contributed by atoms with Crippen LogP contribution in [0.2, 0.25) is 0 Å². The minimum atomic E-state index is 0.115. The van der Waals surface area contributed by atoms with Crippen LogP contribution in [0, 0.1) is 6.92 Å². The normalized spacial score (nSPS) is 18.3. The fraction of sp³-hybridized carbons (Fsp3) is 0.500. The Morgan fingerprint density at radius 3 is 3.05 bits per heavy atom. The third-order valence-corrected chi connectivity index (χ3v) is 4.31. The van der Waals surface area contributed by atoms with E-state index in [0.717, 1.165) is 36.7 Å². The number of likely N-dealkylation sites (tertiary alicyclic amines) is 1. The Bertz CT molecular complexity index is 659. The molecule has 1 aliphatic heterocycles. The highest BCUT2D eigenvalue weighted by Gasteiger charge is 2.25. The van der Waals surface area contributed by atoms with Crippen LogP contribution >= 0.6 is 11.3 Å². The van der Waals surface area contributed by atoms with E-state index in [1.807, 2.05) is 17.9 Å². The number of nitrogens with one attached hydrogen (secondary N) is 1. The van der Waals surface area contributed by atoms with Gasteiger partial charge in [-0.1, -0.05) is 11.3 Å². The number of rotatable bonds is 3. The molecule has 1 atom stereocenters. The lowest BCUT2D eigenvalue weighted by molar-refractivity contribution is -0.130. The molecule has 1 N–H and O–H groups in total. The van der Waals surface area contributed by atoms with Crippen molar-refractivity contribution in [3.8, 4) is 0 Å². The molecule has 1 amide bonds. The Kier molecular flexibility index (Phi) is 4.28. The molecule has 0 aromatic carbocycles. The Labute approximate surface area is 132 Å². The summed E-state index contributed by atoms with van der Waals surface area (Å²) >= 11 is 1.42. The minimum Gasteiger partial charge on any atom is -0.342 e. The minimum absolute atomic E-state index is 0.115. The average molecular weight is 318 g/mol. The van der Waals surface area contributed by atoms with Crippen LogP contribution in [-0.4, -0.2) is 44.1 Å². The monoisotopic (exact) mass is 318 g/mol. The van der Waals surface area contributed by atoms with E-state index >= 15 is 0 Å². The third-order valence-electron chi connectivity index (χ3n) is 3.70. The van der Waals surface area contributed by atoms with E-state index in [-0.39, 0.29) is 11.8 Å². The van der Waals surface area contributed by atoms with Crippen molar-refractivity contribution in [1.82, 2.24) is 25.1 Å². The number of carbonyl (C=O) groups excluding carboxylic acids is 1. The van der Waals surface area contributed by atoms with Crippen LogP contribution in [0.1, 0.15) is 37.2 Å². The van der Waals surface area contributed by atoms with E-state index in [4.69, 9.17) is 0 Å². The molecule has 22 heavy (non-hydrogen) atoms. The smallest absolute Gasteiger partial charge is 0.219 e. The summed E-state index contributed by atoms with van der Waals surface area (Å²) in [5, 5.41) is 11.6. The van der Waals surface area contributed by atoms with Gasteiger partial charge in [-0.25, -0.2) is 9.97 Å². The number of hydrogen-bond acceptors (Lipinski definition) is 7. The van der Waals surface area contributed by atoms with Crippen LogP contribution in [0.25, 0.3) is 0 Å². The number of nitrogens with zero attached hydrogens (tertiary/aromatic N) is 5. The van der Waals surface area contributed by atoms with Crippen LogP contribution in [0.3, 0.4) is 0 Å². The molecule has 0 radical (unpaired) electrons. The quantitative estimate of drug-likeness (QED) is 0.933. The van der Waals surface area contributed by atoms with Gasteiger partial charge in [0.2, 0.25) is 11.0 Å². The van der Waals surface area contributed by atoms with Crippen molar-refractivity contribution in [3.63, 3.8) is 0 Å². The molecule has 0 spiro atoms. The van der Waals surface area contributed by atoms with Gasteiger partial charge in [-0.3, -0.25) is 4.79 Å². The van der Waals surface area contributed by atoms with Gasteiger partial charge >= 0.3 is 0 Å². The van der Waals surface area contributed by atoms with Crippen LogP contribution < -0.4 is 5.32 Å². The fourth-order valence-electron chi connectivity index (χ4n) is 2.65. The molecule has 0 bridgehead atoms. The second-order valence-corrected chi connectivity index (χ2v) is 6.26. The first-order valence-corrected chi connectivity index (χ1v) is 8.14. The zero-order valence-electron chi connectivity index (χ0n) is 12.6. The molecule has 3 heterocycles. The van der Waals surface area contributed by atoms with Crippen LogP contribution in [0.15, 0.2) is 11.6 Å². The molecular formula is C14H18N6OS. The average Bonchev–Trinajstić information content (AvgIpc) is 2.99. The molecule has 2 aromatic rings. The lowest BCUT2D eigenvalue weighted by Crippen LogP contribution is -2.38. The maximum atomic E-state index is 11.6. The molecule has 3 rings (SSSR count). The van der Waals surface area contributed by atoms with Gasteiger partial charge in [0.25, 0.3) is 0 Å². The highest BCUT2D eigenvalue weighted by molar-refractivity contribution is 7.13. The lowest BCUT2D eigenvalue weighted by Gasteiger charge is -2.31. The summed E-state index contributed by atoms with van der Waals surface area (Å²) in [4.78, 5) is 22.6. The standard InChI is InChI=1S/C14H18N6OS/c1-9-6-12(18-14-19-15-8-22-14)17-13(16-9)11-4-3-5-20(7-11)10(2)21/h6,8,11H,3-5,7H2,1-2H3,(H,16,17,18,19). The molecular weight excluding hydrogens is 300 g/mol. The molecule has 116 valence electrons. The molecule has 0 saturated carbocycles. The van der Waals surface area contributed by atoms with Crippen molar-refractivity contribution in [2.24, 2.45) is 0 Å². The zero-order valence-corrected chi connectivity index (χ0v) is 13.4. The summed E-state index contributed by atoms with van der Waals surface area (Å²) in [6, 6.07) is 1.89. The Morgan fingerprint density at radius 2 is 2.32 bits per heavy atom. The van der Waals surface area contributed by atoms with Crippen molar-refractivity contribution >= 4 is 28.2 Å². The predicted octanol–water partition coefficient (Wildman–Crippen LogP) is 2.11. The summed E-state index contributed by atoms with van der Waals surface area (Å²) in [6.07, 6.45) is 1.99. The summed E-state index contributed by atoms with van der Waals surface area (Å²) in [6.45, 7) is 5.08. The topological polar surface area (TPSA) is 83.9 Å². The molecule has 2 aromatic heterocycles. The van der Waals surface area contributed by atoms with Crippen molar-refractivity contribution in [3.05, 3.63) is 23.1 Å². The maximum Gasteiger partial charge on any atom is 0.219 e. The van der Waals surface area contributed by atoms with Gasteiger partial charge in [0.05, 0.1) is 0 Å². The van der Waals surface area contributed by atoms with E-state index in [9.17, 15) is 4.79 Å². The summed E-state index contributed by atoms with van der Waals surface area (Å²) < 4.78 is 0. The van der Waals surface area contributed by atoms with E-state index < -0.39 is 0 Å². The van der Waals surface area contributed by atoms with Crippen LogP contribution in [-0.2, 0) is 4.79 Å². The fourth-order valence-corrected chi connectivity index (χ4v) is 3.10. The first kappa shape index (κ1) is 14.8. The number of piperidine rings is 1. The first-order valence-electron chi connectivity index (χ1n) is 7.26. The number of hydrogen-bond donors (Lipinski definition) is 1. The highest BCUT2D eigenvalue weighted by atomic mass is 32.1. The van der Waals surface area contributed by atoms with Gasteiger partial charge in [0, 0.05) is 37.7 Å². The predicted molar refractivity (Wildman–Crippen MR) is 84.2 cm³/mol. The zero-order chi connectivity index (χ0) is 15.5. The summed E-state index contributed by atoms with van der Waals surface area (Å²) in [5.41, 5.74) is 2.57. The number of aromatic nitrogens is 4. The molecule has 0 aliphatic carbocycles. The second kappa shape index (κ2) is 6.35. The summed E-state index contributed by atoms with van der Waals surface area (Å²) in [5.74, 6) is 1.81. The van der Waals surface area contributed by atoms with Gasteiger partial charge in [0.15, 0.2) is 0 Å². The molecule has 1 aliphatic rings. The Morgan fingerprint density at radius 1 is 1.45 bits per heavy atom. The second-order valence-electron chi connectivity index (χ2n) is 5.43. The third kappa shape index (κ3) is 3.38. The highest BCUT2D eigenvalue weighted by Crippen LogP contribution is 2.26. The maximum absolute atomic E-state index is 11.6. The molecule has 1 fully saturated rings. The van der Waals surface area contributed by atoms with E-state index in [2.05, 4.69) is 25.5 Å². The SMILES string of the molecule is CC(=O)N1CCCC(c2nc(C)cc(Nc3nncs3)n2)C1. The van der Waals surface area contributed by atoms with E-state index in [1.54, 1.807) is 12.4 Å².